The first-order chi connectivity index (χ1) is 8.17. The molecule has 1 aromatic carbocycles. The first-order valence-electron chi connectivity index (χ1n) is 5.22. The van der Waals surface area contributed by atoms with E-state index in [9.17, 15) is 4.79 Å². The first kappa shape index (κ1) is 12.6. The summed E-state index contributed by atoms with van der Waals surface area (Å²) in [7, 11) is 0. The Hall–Kier alpha value is -0.860. The normalized spacial score (nSPS) is 19.5. The Balaban J connectivity index is 2.39. The van der Waals surface area contributed by atoms with Crippen LogP contribution < -0.4 is 4.90 Å². The van der Waals surface area contributed by atoms with Gasteiger partial charge in [0.15, 0.2) is 0 Å². The molecule has 0 radical (unpaired) electrons. The quantitative estimate of drug-likeness (QED) is 0.763. The standard InChI is InChI=1S/C12H10Br2N2O/c13-5-8-4-12(17)16(7-8)11-3-1-2-10(14)9(11)6-15/h1-3,8H,4-5,7H2. The van der Waals surface area contributed by atoms with E-state index < -0.39 is 0 Å². The Kier molecular flexibility index (Phi) is 3.85. The third-order valence-corrected chi connectivity index (χ3v) is 4.39. The molecule has 5 heteroatoms. The molecule has 1 heterocycles. The maximum Gasteiger partial charge on any atom is 0.227 e. The lowest BCUT2D eigenvalue weighted by Gasteiger charge is -2.18. The predicted octanol–water partition coefficient (Wildman–Crippen LogP) is 3.07. The van der Waals surface area contributed by atoms with Crippen LogP contribution in [0.4, 0.5) is 5.69 Å². The second-order valence-electron chi connectivity index (χ2n) is 3.97. The zero-order valence-corrected chi connectivity index (χ0v) is 12.2. The number of amides is 1. The van der Waals surface area contributed by atoms with Crippen LogP contribution in [0.25, 0.3) is 0 Å². The molecule has 17 heavy (non-hydrogen) atoms. The van der Waals surface area contributed by atoms with Gasteiger partial charge in [-0.25, -0.2) is 0 Å². The molecule has 0 spiro atoms. The third kappa shape index (κ3) is 2.38. The van der Waals surface area contributed by atoms with Crippen molar-refractivity contribution in [2.24, 2.45) is 5.92 Å². The number of hydrogen-bond donors (Lipinski definition) is 0. The van der Waals surface area contributed by atoms with Gasteiger partial charge in [0.2, 0.25) is 5.91 Å². The van der Waals surface area contributed by atoms with Crippen molar-refractivity contribution in [3.05, 3.63) is 28.2 Å². The summed E-state index contributed by atoms with van der Waals surface area (Å²) in [5.41, 5.74) is 1.23. The average molecular weight is 358 g/mol. The number of alkyl halides is 1. The van der Waals surface area contributed by atoms with E-state index in [1.807, 2.05) is 18.2 Å². The highest BCUT2D eigenvalue weighted by Crippen LogP contribution is 2.32. The average Bonchev–Trinajstić information content (AvgIpc) is 2.70. The molecule has 1 saturated heterocycles. The van der Waals surface area contributed by atoms with E-state index in [1.165, 1.54) is 0 Å². The van der Waals surface area contributed by atoms with Crippen LogP contribution in [0.1, 0.15) is 12.0 Å². The summed E-state index contributed by atoms with van der Waals surface area (Å²) in [5, 5.41) is 9.95. The number of carbonyl (C=O) groups excluding carboxylic acids is 1. The van der Waals surface area contributed by atoms with E-state index in [1.54, 1.807) is 4.90 Å². The molecule has 88 valence electrons. The number of hydrogen-bond acceptors (Lipinski definition) is 2. The number of halogens is 2. The molecule has 1 atom stereocenters. The van der Waals surface area contributed by atoms with Crippen molar-refractivity contribution in [3.63, 3.8) is 0 Å². The number of rotatable bonds is 2. The number of nitrogens with zero attached hydrogens (tertiary/aromatic N) is 2. The fourth-order valence-electron chi connectivity index (χ4n) is 1.97. The zero-order chi connectivity index (χ0) is 12.4. The van der Waals surface area contributed by atoms with Gasteiger partial charge in [-0.1, -0.05) is 22.0 Å². The molecule has 0 aromatic heterocycles. The summed E-state index contributed by atoms with van der Waals surface area (Å²) in [6, 6.07) is 7.61. The molecule has 1 unspecified atom stereocenters. The van der Waals surface area contributed by atoms with Gasteiger partial charge in [-0.05, 0) is 34.0 Å². The van der Waals surface area contributed by atoms with Crippen molar-refractivity contribution in [2.45, 2.75) is 6.42 Å². The van der Waals surface area contributed by atoms with Crippen molar-refractivity contribution < 1.29 is 4.79 Å². The van der Waals surface area contributed by atoms with E-state index in [0.717, 1.165) is 9.80 Å². The molecule has 1 aliphatic heterocycles. The fraction of sp³-hybridized carbons (Fsp3) is 0.333. The van der Waals surface area contributed by atoms with E-state index in [4.69, 9.17) is 5.26 Å². The van der Waals surface area contributed by atoms with Crippen molar-refractivity contribution in [1.29, 1.82) is 5.26 Å². The molecular weight excluding hydrogens is 348 g/mol. The second kappa shape index (κ2) is 5.19. The van der Waals surface area contributed by atoms with Crippen molar-refractivity contribution >= 4 is 43.5 Å². The van der Waals surface area contributed by atoms with E-state index in [2.05, 4.69) is 37.9 Å². The highest BCUT2D eigenvalue weighted by molar-refractivity contribution is 9.10. The van der Waals surface area contributed by atoms with E-state index in [-0.39, 0.29) is 5.91 Å². The number of nitriles is 1. The van der Waals surface area contributed by atoms with Crippen LogP contribution in [0.2, 0.25) is 0 Å². The summed E-state index contributed by atoms with van der Waals surface area (Å²) in [6.07, 6.45) is 0.544. The Morgan fingerprint density at radius 3 is 2.88 bits per heavy atom. The smallest absolute Gasteiger partial charge is 0.227 e. The van der Waals surface area contributed by atoms with Crippen LogP contribution in [0.3, 0.4) is 0 Å². The number of anilines is 1. The summed E-state index contributed by atoms with van der Waals surface area (Å²) in [5.74, 6) is 0.414. The summed E-state index contributed by atoms with van der Waals surface area (Å²) < 4.78 is 0.729. The maximum atomic E-state index is 11.9. The molecular formula is C12H10Br2N2O. The molecule has 0 aliphatic carbocycles. The summed E-state index contributed by atoms with van der Waals surface area (Å²) in [6.45, 7) is 0.676. The lowest BCUT2D eigenvalue weighted by molar-refractivity contribution is -0.117. The van der Waals surface area contributed by atoms with Gasteiger partial charge in [0.1, 0.15) is 6.07 Å². The number of benzene rings is 1. The van der Waals surface area contributed by atoms with Gasteiger partial charge < -0.3 is 4.90 Å². The van der Waals surface area contributed by atoms with Gasteiger partial charge >= 0.3 is 0 Å². The van der Waals surface area contributed by atoms with Crippen LogP contribution in [-0.4, -0.2) is 17.8 Å². The van der Waals surface area contributed by atoms with Gasteiger partial charge in [0.25, 0.3) is 0 Å². The minimum atomic E-state index is 0.0871. The lowest BCUT2D eigenvalue weighted by Crippen LogP contribution is -2.25. The first-order valence-corrected chi connectivity index (χ1v) is 7.13. The summed E-state index contributed by atoms with van der Waals surface area (Å²) >= 11 is 6.74. The molecule has 0 N–H and O–H groups in total. The zero-order valence-electron chi connectivity index (χ0n) is 8.99. The Labute approximate surface area is 117 Å². The Bertz CT molecular complexity index is 496. The van der Waals surface area contributed by atoms with Crippen LogP contribution in [0, 0.1) is 17.2 Å². The minimum absolute atomic E-state index is 0.0871. The topological polar surface area (TPSA) is 44.1 Å². The molecule has 1 aromatic rings. The van der Waals surface area contributed by atoms with Crippen LogP contribution in [0.5, 0.6) is 0 Å². The van der Waals surface area contributed by atoms with Gasteiger partial charge in [-0.3, -0.25) is 4.79 Å². The highest BCUT2D eigenvalue weighted by atomic mass is 79.9. The lowest BCUT2D eigenvalue weighted by atomic mass is 10.1. The molecule has 0 saturated carbocycles. The second-order valence-corrected chi connectivity index (χ2v) is 5.48. The predicted molar refractivity (Wildman–Crippen MR) is 73.1 cm³/mol. The molecule has 1 fully saturated rings. The Morgan fingerprint density at radius 1 is 1.53 bits per heavy atom. The largest absolute Gasteiger partial charge is 0.311 e. The summed E-state index contributed by atoms with van der Waals surface area (Å²) in [4.78, 5) is 13.6. The van der Waals surface area contributed by atoms with Gasteiger partial charge in [-0.15, -0.1) is 0 Å². The van der Waals surface area contributed by atoms with E-state index in [0.29, 0.717) is 30.1 Å². The van der Waals surface area contributed by atoms with Gasteiger partial charge in [-0.2, -0.15) is 5.26 Å². The van der Waals surface area contributed by atoms with Crippen molar-refractivity contribution in [3.8, 4) is 6.07 Å². The molecule has 1 amide bonds. The fourth-order valence-corrected chi connectivity index (χ4v) is 2.84. The third-order valence-electron chi connectivity index (χ3n) is 2.82. The van der Waals surface area contributed by atoms with Crippen LogP contribution in [0.15, 0.2) is 22.7 Å². The highest BCUT2D eigenvalue weighted by Gasteiger charge is 2.31. The Morgan fingerprint density at radius 2 is 2.29 bits per heavy atom. The molecule has 2 rings (SSSR count). The SMILES string of the molecule is N#Cc1c(Br)cccc1N1CC(CBr)CC1=O. The van der Waals surface area contributed by atoms with Gasteiger partial charge in [0, 0.05) is 22.8 Å². The molecule has 1 aliphatic rings. The van der Waals surface area contributed by atoms with Crippen molar-refractivity contribution in [2.75, 3.05) is 16.8 Å². The van der Waals surface area contributed by atoms with Crippen molar-refractivity contribution in [1.82, 2.24) is 0 Å². The van der Waals surface area contributed by atoms with E-state index >= 15 is 0 Å². The van der Waals surface area contributed by atoms with Crippen LogP contribution in [-0.2, 0) is 4.79 Å². The molecule has 3 nitrogen and oxygen atoms in total. The number of carbonyl (C=O) groups is 1. The minimum Gasteiger partial charge on any atom is -0.311 e. The monoisotopic (exact) mass is 356 g/mol. The maximum absolute atomic E-state index is 11.9. The molecule has 0 bridgehead atoms. The van der Waals surface area contributed by atoms with Crippen LogP contribution >= 0.6 is 31.9 Å². The van der Waals surface area contributed by atoms with Gasteiger partial charge in [0.05, 0.1) is 11.3 Å².